The minimum Gasteiger partial charge on any atom is -0.464 e. The van der Waals surface area contributed by atoms with Gasteiger partial charge in [-0.2, -0.15) is 0 Å². The van der Waals surface area contributed by atoms with Gasteiger partial charge in [0.15, 0.2) is 5.69 Å². The van der Waals surface area contributed by atoms with Crippen molar-refractivity contribution in [3.8, 4) is 0 Å². The van der Waals surface area contributed by atoms with E-state index >= 15 is 0 Å². The van der Waals surface area contributed by atoms with E-state index in [2.05, 4.69) is 4.98 Å². The third kappa shape index (κ3) is 3.54. The molecule has 2 heterocycles. The fourth-order valence-electron chi connectivity index (χ4n) is 2.46. The van der Waals surface area contributed by atoms with Crippen molar-refractivity contribution in [2.75, 3.05) is 6.61 Å². The van der Waals surface area contributed by atoms with Gasteiger partial charge in [-0.05, 0) is 25.5 Å². The average Bonchev–Trinajstić information content (AvgIpc) is 3.15. The molecule has 0 unspecified atom stereocenters. The summed E-state index contributed by atoms with van der Waals surface area (Å²) in [7, 11) is 0. The summed E-state index contributed by atoms with van der Waals surface area (Å²) in [6.45, 7) is 4.04. The Kier molecular flexibility index (Phi) is 4.76. The fraction of sp³-hybridized carbons (Fsp3) is 0.278. The Labute approximate surface area is 143 Å². The molecule has 0 saturated carbocycles. The number of carbonyl (C=O) groups excluding carboxylic acids is 2. The van der Waals surface area contributed by atoms with Crippen molar-refractivity contribution in [3.05, 3.63) is 51.7 Å². The number of thiazole rings is 1. The minimum atomic E-state index is -0.455. The smallest absolute Gasteiger partial charge is 0.357 e. The maximum absolute atomic E-state index is 12.3. The quantitative estimate of drug-likeness (QED) is 0.638. The van der Waals surface area contributed by atoms with Gasteiger partial charge in [-0.3, -0.25) is 4.79 Å². The van der Waals surface area contributed by atoms with Crippen LogP contribution >= 0.6 is 11.3 Å². The second kappa shape index (κ2) is 6.97. The first-order valence-corrected chi connectivity index (χ1v) is 8.54. The number of furan rings is 1. The zero-order valence-electron chi connectivity index (χ0n) is 13.5. The molecular weight excluding hydrogens is 326 g/mol. The largest absolute Gasteiger partial charge is 0.464 e. The predicted molar refractivity (Wildman–Crippen MR) is 91.4 cm³/mol. The van der Waals surface area contributed by atoms with E-state index in [0.29, 0.717) is 11.6 Å². The van der Waals surface area contributed by atoms with Crippen LogP contribution in [-0.2, 0) is 22.4 Å². The molecule has 0 saturated heterocycles. The Morgan fingerprint density at radius 2 is 2.12 bits per heavy atom. The molecule has 0 radical (unpaired) electrons. The van der Waals surface area contributed by atoms with Gasteiger partial charge in [-0.25, -0.2) is 9.78 Å². The van der Waals surface area contributed by atoms with Crippen molar-refractivity contribution >= 4 is 34.1 Å². The summed E-state index contributed by atoms with van der Waals surface area (Å²) in [5, 5.41) is 3.20. The van der Waals surface area contributed by atoms with E-state index in [4.69, 9.17) is 9.15 Å². The van der Waals surface area contributed by atoms with Gasteiger partial charge < -0.3 is 9.15 Å². The summed E-state index contributed by atoms with van der Waals surface area (Å²) in [6.07, 6.45) is 2.11. The lowest BCUT2D eigenvalue weighted by Crippen LogP contribution is -2.08. The van der Waals surface area contributed by atoms with Crippen LogP contribution < -0.4 is 0 Å². The molecule has 1 aromatic carbocycles. The zero-order valence-corrected chi connectivity index (χ0v) is 14.3. The SMILES string of the molecule is CCOC(=O)c1csc(CC(=O)Cc2coc3cc(C)ccc23)n1. The zero-order chi connectivity index (χ0) is 17.1. The minimum absolute atomic E-state index is 0.0306. The van der Waals surface area contributed by atoms with Gasteiger partial charge >= 0.3 is 5.97 Å². The molecule has 2 aromatic heterocycles. The first kappa shape index (κ1) is 16.4. The highest BCUT2D eigenvalue weighted by atomic mass is 32.1. The first-order valence-electron chi connectivity index (χ1n) is 7.66. The van der Waals surface area contributed by atoms with Crippen molar-refractivity contribution in [1.82, 2.24) is 4.98 Å². The van der Waals surface area contributed by atoms with Gasteiger partial charge in [-0.15, -0.1) is 11.3 Å². The summed E-state index contributed by atoms with van der Waals surface area (Å²) >= 11 is 1.29. The topological polar surface area (TPSA) is 69.4 Å². The lowest BCUT2D eigenvalue weighted by atomic mass is 10.1. The number of fused-ring (bicyclic) bond motifs is 1. The summed E-state index contributed by atoms with van der Waals surface area (Å²) in [5.74, 6) is -0.424. The van der Waals surface area contributed by atoms with E-state index in [9.17, 15) is 9.59 Å². The predicted octanol–water partition coefficient (Wildman–Crippen LogP) is 3.73. The number of hydrogen-bond acceptors (Lipinski definition) is 6. The van der Waals surface area contributed by atoms with Crippen LogP contribution in [0, 0.1) is 6.92 Å². The summed E-state index contributed by atoms with van der Waals surface area (Å²) < 4.78 is 10.4. The second-order valence-corrected chi connectivity index (χ2v) is 6.44. The van der Waals surface area contributed by atoms with E-state index in [1.165, 1.54) is 11.3 Å². The fourth-order valence-corrected chi connectivity index (χ4v) is 3.25. The maximum atomic E-state index is 12.3. The number of ketones is 1. The third-order valence-electron chi connectivity index (χ3n) is 3.58. The number of ether oxygens (including phenoxy) is 1. The molecule has 124 valence electrons. The molecule has 0 aliphatic heterocycles. The molecule has 3 aromatic rings. The standard InChI is InChI=1S/C18H17NO4S/c1-3-22-18(21)15-10-24-17(19-15)8-13(20)7-12-9-23-16-6-11(2)4-5-14(12)16/h4-6,9-10H,3,7-8H2,1-2H3. The number of hydrogen-bond donors (Lipinski definition) is 0. The maximum Gasteiger partial charge on any atom is 0.357 e. The van der Waals surface area contributed by atoms with Gasteiger partial charge in [0.2, 0.25) is 0 Å². The van der Waals surface area contributed by atoms with E-state index in [-0.39, 0.29) is 24.3 Å². The van der Waals surface area contributed by atoms with Crippen molar-refractivity contribution in [2.24, 2.45) is 0 Å². The van der Waals surface area contributed by atoms with Crippen LogP contribution in [-0.4, -0.2) is 23.3 Å². The number of nitrogens with zero attached hydrogens (tertiary/aromatic N) is 1. The van der Waals surface area contributed by atoms with Gasteiger partial charge in [0.05, 0.1) is 19.3 Å². The number of Topliss-reactive ketones (excluding diaryl/α,β-unsaturated/α-hetero) is 1. The highest BCUT2D eigenvalue weighted by Crippen LogP contribution is 2.23. The molecule has 0 atom stereocenters. The number of aryl methyl sites for hydroxylation is 1. The van der Waals surface area contributed by atoms with E-state index < -0.39 is 5.97 Å². The molecule has 0 aliphatic carbocycles. The highest BCUT2D eigenvalue weighted by Gasteiger charge is 2.15. The van der Waals surface area contributed by atoms with E-state index in [1.54, 1.807) is 18.6 Å². The van der Waals surface area contributed by atoms with E-state index in [0.717, 1.165) is 22.1 Å². The van der Waals surface area contributed by atoms with Crippen LogP contribution in [0.2, 0.25) is 0 Å². The van der Waals surface area contributed by atoms with Crippen LogP contribution in [0.4, 0.5) is 0 Å². The third-order valence-corrected chi connectivity index (χ3v) is 4.43. The van der Waals surface area contributed by atoms with Crippen molar-refractivity contribution in [1.29, 1.82) is 0 Å². The summed E-state index contributed by atoms with van der Waals surface area (Å²) in [4.78, 5) is 28.1. The van der Waals surface area contributed by atoms with Crippen LogP contribution in [0.5, 0.6) is 0 Å². The van der Waals surface area contributed by atoms with Crippen molar-refractivity contribution < 1.29 is 18.7 Å². The Hall–Kier alpha value is -2.47. The second-order valence-electron chi connectivity index (χ2n) is 5.50. The highest BCUT2D eigenvalue weighted by molar-refractivity contribution is 7.09. The van der Waals surface area contributed by atoms with Gasteiger partial charge in [0, 0.05) is 22.8 Å². The summed E-state index contributed by atoms with van der Waals surface area (Å²) in [5.41, 5.74) is 3.03. The van der Waals surface area contributed by atoms with Crippen molar-refractivity contribution in [2.45, 2.75) is 26.7 Å². The number of rotatable bonds is 6. The lowest BCUT2D eigenvalue weighted by molar-refractivity contribution is -0.117. The van der Waals surface area contributed by atoms with Gasteiger partial charge in [0.1, 0.15) is 16.4 Å². The van der Waals surface area contributed by atoms with Crippen LogP contribution in [0.1, 0.15) is 33.5 Å². The number of carbonyl (C=O) groups is 2. The lowest BCUT2D eigenvalue weighted by Gasteiger charge is -1.98. The molecule has 3 rings (SSSR count). The van der Waals surface area contributed by atoms with Crippen LogP contribution in [0.3, 0.4) is 0 Å². The molecule has 0 N–H and O–H groups in total. The van der Waals surface area contributed by atoms with Gasteiger partial charge in [-0.1, -0.05) is 12.1 Å². The number of benzene rings is 1. The molecular formula is C18H17NO4S. The van der Waals surface area contributed by atoms with Gasteiger partial charge in [0.25, 0.3) is 0 Å². The molecule has 0 fully saturated rings. The van der Waals surface area contributed by atoms with Crippen molar-refractivity contribution in [3.63, 3.8) is 0 Å². The van der Waals surface area contributed by atoms with Crippen LogP contribution in [0.15, 0.2) is 34.3 Å². The van der Waals surface area contributed by atoms with E-state index in [1.807, 2.05) is 25.1 Å². The Balaban J connectivity index is 1.68. The normalized spacial score (nSPS) is 10.9. The molecule has 5 nitrogen and oxygen atoms in total. The number of aromatic nitrogens is 1. The molecule has 0 amide bonds. The Morgan fingerprint density at radius 3 is 2.92 bits per heavy atom. The Morgan fingerprint density at radius 1 is 1.29 bits per heavy atom. The Bertz CT molecular complexity index is 893. The monoisotopic (exact) mass is 343 g/mol. The van der Waals surface area contributed by atoms with Crippen LogP contribution in [0.25, 0.3) is 11.0 Å². The molecule has 24 heavy (non-hydrogen) atoms. The number of esters is 1. The average molecular weight is 343 g/mol. The molecule has 6 heteroatoms. The summed E-state index contributed by atoms with van der Waals surface area (Å²) in [6, 6.07) is 5.92. The molecule has 0 spiro atoms. The molecule has 0 aliphatic rings. The molecule has 0 bridgehead atoms. The first-order chi connectivity index (χ1) is 11.6.